The molecule has 1 saturated heterocycles. The topological polar surface area (TPSA) is 78.9 Å². The molecule has 2 N–H and O–H groups in total. The number of aliphatic carboxylic acids is 1. The fourth-order valence-electron chi connectivity index (χ4n) is 2.25. The van der Waals surface area contributed by atoms with E-state index in [2.05, 4.69) is 5.43 Å². The van der Waals surface area contributed by atoms with E-state index >= 15 is 0 Å². The van der Waals surface area contributed by atoms with Gasteiger partial charge in [0, 0.05) is 0 Å². The standard InChI is InChI=1S/C19H16N2O4S2/c1-12(18(23)24)25-15-9-7-13(8-10-15)11-16-17(22)21(19(26)27-16)20-14-5-3-2-4-6-14/h2-12,20H,1H3,(H,23,24)/b16-11+. The number of hydrogen-bond acceptors (Lipinski definition) is 6. The average molecular weight is 400 g/mol. The molecule has 138 valence electrons. The summed E-state index contributed by atoms with van der Waals surface area (Å²) in [7, 11) is 0. The summed E-state index contributed by atoms with van der Waals surface area (Å²) >= 11 is 6.50. The third-order valence-electron chi connectivity index (χ3n) is 3.65. The third kappa shape index (κ3) is 4.66. The highest BCUT2D eigenvalue weighted by Gasteiger charge is 2.32. The van der Waals surface area contributed by atoms with Crippen LogP contribution < -0.4 is 10.2 Å². The van der Waals surface area contributed by atoms with Crippen LogP contribution in [0.4, 0.5) is 5.69 Å². The normalized spacial score (nSPS) is 16.5. The van der Waals surface area contributed by atoms with Crippen molar-refractivity contribution in [2.24, 2.45) is 0 Å². The number of benzene rings is 2. The summed E-state index contributed by atoms with van der Waals surface area (Å²) in [5, 5.41) is 10.2. The first-order valence-electron chi connectivity index (χ1n) is 8.03. The van der Waals surface area contributed by atoms with E-state index < -0.39 is 12.1 Å². The second-order valence-electron chi connectivity index (χ2n) is 5.66. The fraction of sp³-hybridized carbons (Fsp3) is 0.105. The number of nitrogens with one attached hydrogen (secondary N) is 1. The molecule has 3 rings (SSSR count). The Morgan fingerprint density at radius 1 is 1.22 bits per heavy atom. The van der Waals surface area contributed by atoms with Gasteiger partial charge in [-0.1, -0.05) is 42.1 Å². The van der Waals surface area contributed by atoms with Crippen LogP contribution in [0.25, 0.3) is 6.08 Å². The highest BCUT2D eigenvalue weighted by molar-refractivity contribution is 8.26. The number of nitrogens with zero attached hydrogens (tertiary/aromatic N) is 1. The van der Waals surface area contributed by atoms with Crippen LogP contribution >= 0.6 is 24.0 Å². The number of carbonyl (C=O) groups is 2. The number of amides is 1. The molecule has 0 aromatic heterocycles. The maximum Gasteiger partial charge on any atom is 0.344 e. The number of thioether (sulfide) groups is 1. The van der Waals surface area contributed by atoms with Gasteiger partial charge in [0.25, 0.3) is 5.91 Å². The molecule has 0 aliphatic carbocycles. The van der Waals surface area contributed by atoms with Crippen LogP contribution in [-0.4, -0.2) is 32.4 Å². The summed E-state index contributed by atoms with van der Waals surface area (Å²) in [6.07, 6.45) is 0.798. The lowest BCUT2D eigenvalue weighted by molar-refractivity contribution is -0.144. The van der Waals surface area contributed by atoms with Gasteiger partial charge in [-0.3, -0.25) is 10.2 Å². The Bertz CT molecular complexity index is 898. The van der Waals surface area contributed by atoms with Crippen LogP contribution in [0.2, 0.25) is 0 Å². The van der Waals surface area contributed by atoms with Crippen LogP contribution in [0.1, 0.15) is 12.5 Å². The Balaban J connectivity index is 1.71. The molecule has 27 heavy (non-hydrogen) atoms. The Morgan fingerprint density at radius 3 is 2.52 bits per heavy atom. The van der Waals surface area contributed by atoms with E-state index in [4.69, 9.17) is 22.1 Å². The van der Waals surface area contributed by atoms with Crippen LogP contribution in [-0.2, 0) is 9.59 Å². The molecule has 1 aliphatic rings. The van der Waals surface area contributed by atoms with Crippen molar-refractivity contribution in [3.8, 4) is 5.75 Å². The minimum absolute atomic E-state index is 0.228. The molecule has 0 radical (unpaired) electrons. The predicted molar refractivity (Wildman–Crippen MR) is 109 cm³/mol. The summed E-state index contributed by atoms with van der Waals surface area (Å²) < 4.78 is 5.71. The second kappa shape index (κ2) is 8.24. The molecular formula is C19H16N2O4S2. The molecule has 2 aromatic rings. The predicted octanol–water partition coefficient (Wildman–Crippen LogP) is 3.77. The number of anilines is 1. The lowest BCUT2D eigenvalue weighted by Crippen LogP contribution is -2.33. The highest BCUT2D eigenvalue weighted by atomic mass is 32.2. The first-order valence-corrected chi connectivity index (χ1v) is 9.26. The van der Waals surface area contributed by atoms with Gasteiger partial charge in [-0.2, -0.15) is 0 Å². The molecule has 1 fully saturated rings. The van der Waals surface area contributed by atoms with Crippen molar-refractivity contribution in [3.05, 3.63) is 65.1 Å². The third-order valence-corrected chi connectivity index (χ3v) is 4.95. The number of para-hydroxylation sites is 1. The van der Waals surface area contributed by atoms with Gasteiger partial charge in [0.2, 0.25) is 0 Å². The monoisotopic (exact) mass is 400 g/mol. The van der Waals surface area contributed by atoms with E-state index in [9.17, 15) is 9.59 Å². The summed E-state index contributed by atoms with van der Waals surface area (Å²) in [5.41, 5.74) is 4.55. The number of hydrogen-bond donors (Lipinski definition) is 2. The minimum Gasteiger partial charge on any atom is -0.479 e. The molecule has 1 atom stereocenters. The molecule has 1 heterocycles. The molecule has 1 amide bonds. The van der Waals surface area contributed by atoms with Crippen LogP contribution in [0.3, 0.4) is 0 Å². The number of carboxylic acids is 1. The average Bonchev–Trinajstić information content (AvgIpc) is 2.91. The minimum atomic E-state index is -1.03. The van der Waals surface area contributed by atoms with Crippen LogP contribution in [0.5, 0.6) is 5.75 Å². The highest BCUT2D eigenvalue weighted by Crippen LogP contribution is 2.33. The molecule has 1 aliphatic heterocycles. The Kier molecular flexibility index (Phi) is 5.78. The molecular weight excluding hydrogens is 384 g/mol. The van der Waals surface area contributed by atoms with Gasteiger partial charge in [0.1, 0.15) is 5.75 Å². The smallest absolute Gasteiger partial charge is 0.344 e. The Hall–Kier alpha value is -2.84. The maximum absolute atomic E-state index is 12.6. The molecule has 0 spiro atoms. The number of carboxylic acid groups (broad SMARTS) is 1. The number of thiocarbonyl (C=S) groups is 1. The number of carbonyl (C=O) groups excluding carboxylic acids is 1. The zero-order valence-electron chi connectivity index (χ0n) is 14.3. The van der Waals surface area contributed by atoms with Gasteiger partial charge >= 0.3 is 5.97 Å². The zero-order valence-corrected chi connectivity index (χ0v) is 15.9. The van der Waals surface area contributed by atoms with E-state index in [0.29, 0.717) is 15.0 Å². The van der Waals surface area contributed by atoms with Gasteiger partial charge in [-0.05, 0) is 55.0 Å². The van der Waals surface area contributed by atoms with Gasteiger partial charge < -0.3 is 9.84 Å². The first kappa shape index (κ1) is 18.9. The van der Waals surface area contributed by atoms with E-state index in [1.165, 1.54) is 23.7 Å². The van der Waals surface area contributed by atoms with Crippen molar-refractivity contribution in [1.29, 1.82) is 0 Å². The lowest BCUT2D eigenvalue weighted by atomic mass is 10.2. The first-order chi connectivity index (χ1) is 12.9. The Morgan fingerprint density at radius 2 is 1.89 bits per heavy atom. The zero-order chi connectivity index (χ0) is 19.4. The van der Waals surface area contributed by atoms with Gasteiger partial charge in [0.05, 0.1) is 10.6 Å². The van der Waals surface area contributed by atoms with E-state index in [0.717, 1.165) is 11.3 Å². The molecule has 1 unspecified atom stereocenters. The van der Waals surface area contributed by atoms with Gasteiger partial charge in [-0.15, -0.1) is 0 Å². The van der Waals surface area contributed by atoms with Gasteiger partial charge in [-0.25, -0.2) is 9.80 Å². The van der Waals surface area contributed by atoms with Crippen LogP contribution in [0, 0.1) is 0 Å². The lowest BCUT2D eigenvalue weighted by Gasteiger charge is -2.16. The SMILES string of the molecule is CC(Oc1ccc(/C=C2/SC(=S)N(Nc3ccccc3)C2=O)cc1)C(=O)O. The molecule has 8 heteroatoms. The molecule has 0 bridgehead atoms. The van der Waals surface area contributed by atoms with E-state index in [1.54, 1.807) is 30.3 Å². The van der Waals surface area contributed by atoms with Crippen molar-refractivity contribution in [3.63, 3.8) is 0 Å². The summed E-state index contributed by atoms with van der Waals surface area (Å²) in [5.74, 6) is -0.817. The molecule has 0 saturated carbocycles. The second-order valence-corrected chi connectivity index (χ2v) is 7.34. The van der Waals surface area contributed by atoms with Crippen molar-refractivity contribution < 1.29 is 19.4 Å². The van der Waals surface area contributed by atoms with E-state index in [1.807, 2.05) is 30.3 Å². The number of rotatable bonds is 6. The maximum atomic E-state index is 12.6. The molecule has 6 nitrogen and oxygen atoms in total. The summed E-state index contributed by atoms with van der Waals surface area (Å²) in [6.45, 7) is 1.46. The van der Waals surface area contributed by atoms with Crippen molar-refractivity contribution in [2.45, 2.75) is 13.0 Å². The fourth-order valence-corrected chi connectivity index (χ4v) is 3.43. The van der Waals surface area contributed by atoms with E-state index in [-0.39, 0.29) is 5.91 Å². The van der Waals surface area contributed by atoms with Gasteiger partial charge in [0.15, 0.2) is 10.4 Å². The number of hydrazine groups is 1. The summed E-state index contributed by atoms with van der Waals surface area (Å²) in [6, 6.07) is 16.1. The largest absolute Gasteiger partial charge is 0.479 e. The summed E-state index contributed by atoms with van der Waals surface area (Å²) in [4.78, 5) is 23.9. The van der Waals surface area contributed by atoms with Crippen molar-refractivity contribution in [1.82, 2.24) is 5.01 Å². The van der Waals surface area contributed by atoms with Crippen molar-refractivity contribution >= 4 is 51.9 Å². The molecule has 2 aromatic carbocycles. The number of ether oxygens (including phenoxy) is 1. The van der Waals surface area contributed by atoms with Crippen molar-refractivity contribution in [2.75, 3.05) is 5.43 Å². The van der Waals surface area contributed by atoms with Crippen LogP contribution in [0.15, 0.2) is 59.5 Å². The Labute approximate surface area is 165 Å². The quantitative estimate of drug-likeness (QED) is 0.564.